The molecule has 0 aliphatic heterocycles. The maximum absolute atomic E-state index is 11.8. The lowest BCUT2D eigenvalue weighted by molar-refractivity contribution is -0.175. The molecule has 4 nitrogen and oxygen atoms in total. The highest BCUT2D eigenvalue weighted by Gasteiger charge is 2.59. The van der Waals surface area contributed by atoms with E-state index in [9.17, 15) is 4.79 Å². The van der Waals surface area contributed by atoms with Crippen molar-refractivity contribution in [3.05, 3.63) is 0 Å². The average molecular weight is 291 g/mol. The summed E-state index contributed by atoms with van der Waals surface area (Å²) in [6.45, 7) is 4.76. The molecule has 0 aromatic heterocycles. The second-order valence-electron chi connectivity index (χ2n) is 5.90. The molecule has 2 rings (SSSR count). The monoisotopic (exact) mass is 290 g/mol. The molecule has 3 unspecified atom stereocenters. The molecular weight excluding hydrogens is 264 g/mol. The molecule has 0 aromatic carbocycles. The molecule has 0 aromatic rings. The van der Waals surface area contributed by atoms with Crippen molar-refractivity contribution >= 4 is 18.3 Å². The second kappa shape index (κ2) is 6.91. The summed E-state index contributed by atoms with van der Waals surface area (Å²) < 4.78 is 5.77. The Kier molecular flexibility index (Phi) is 6.09. The summed E-state index contributed by atoms with van der Waals surface area (Å²) in [5, 5.41) is 3.18. The third-order valence-corrected chi connectivity index (χ3v) is 4.60. The van der Waals surface area contributed by atoms with Crippen LogP contribution in [0.15, 0.2) is 0 Å². The van der Waals surface area contributed by atoms with Gasteiger partial charge in [0.05, 0.1) is 6.10 Å². The van der Waals surface area contributed by atoms with Crippen molar-refractivity contribution in [3.63, 3.8) is 0 Å². The third-order valence-electron chi connectivity index (χ3n) is 4.60. The van der Waals surface area contributed by atoms with E-state index in [4.69, 9.17) is 10.5 Å². The lowest BCUT2D eigenvalue weighted by Crippen LogP contribution is -2.67. The van der Waals surface area contributed by atoms with Crippen molar-refractivity contribution in [1.82, 2.24) is 5.32 Å². The first-order chi connectivity index (χ1) is 8.58. The number of amides is 1. The van der Waals surface area contributed by atoms with Gasteiger partial charge in [0.25, 0.3) is 0 Å². The van der Waals surface area contributed by atoms with Crippen LogP contribution in [0.3, 0.4) is 0 Å². The summed E-state index contributed by atoms with van der Waals surface area (Å²) in [4.78, 5) is 11.8. The van der Waals surface area contributed by atoms with E-state index in [0.717, 1.165) is 19.4 Å². The van der Waals surface area contributed by atoms with E-state index in [0.29, 0.717) is 18.6 Å². The topological polar surface area (TPSA) is 64.3 Å². The van der Waals surface area contributed by atoms with Crippen LogP contribution in [0.25, 0.3) is 0 Å². The van der Waals surface area contributed by atoms with Crippen LogP contribution in [0.4, 0.5) is 0 Å². The number of halogens is 1. The third kappa shape index (κ3) is 3.41. The van der Waals surface area contributed by atoms with Crippen molar-refractivity contribution < 1.29 is 9.53 Å². The van der Waals surface area contributed by atoms with Crippen LogP contribution in [-0.2, 0) is 9.53 Å². The molecule has 0 heterocycles. The summed E-state index contributed by atoms with van der Waals surface area (Å²) >= 11 is 0. The fourth-order valence-corrected chi connectivity index (χ4v) is 3.27. The molecule has 0 bridgehead atoms. The van der Waals surface area contributed by atoms with E-state index in [1.165, 1.54) is 19.3 Å². The predicted octanol–water partition coefficient (Wildman–Crippen LogP) is 2.00. The standard InChI is InChI=1S/C14H26N2O2.ClH/c1-3-18-12-9-11(14(12)7-4-8-14)16-13(17)6-5-10(2)15;/h10-12H,3-9,15H2,1-2H3,(H,16,17);1H. The predicted molar refractivity (Wildman–Crippen MR) is 78.4 cm³/mol. The normalized spacial score (nSPS) is 28.8. The van der Waals surface area contributed by atoms with Gasteiger partial charge in [0, 0.05) is 30.5 Å². The highest BCUT2D eigenvalue weighted by Crippen LogP contribution is 2.57. The minimum atomic E-state index is 0. The Labute approximate surface area is 122 Å². The molecular formula is C14H27ClN2O2. The van der Waals surface area contributed by atoms with Gasteiger partial charge in [-0.25, -0.2) is 0 Å². The molecule has 112 valence electrons. The average Bonchev–Trinajstić information content (AvgIpc) is 2.22. The maximum atomic E-state index is 11.8. The van der Waals surface area contributed by atoms with Crippen molar-refractivity contribution in [2.75, 3.05) is 6.61 Å². The van der Waals surface area contributed by atoms with Crippen LogP contribution >= 0.6 is 12.4 Å². The summed E-state index contributed by atoms with van der Waals surface area (Å²) in [5.74, 6) is 0.151. The molecule has 2 aliphatic rings. The smallest absolute Gasteiger partial charge is 0.220 e. The zero-order chi connectivity index (χ0) is 13.2. The summed E-state index contributed by atoms with van der Waals surface area (Å²) in [6, 6.07) is 0.439. The molecule has 2 saturated carbocycles. The van der Waals surface area contributed by atoms with Gasteiger partial charge in [-0.3, -0.25) is 4.79 Å². The molecule has 1 amide bonds. The first kappa shape index (κ1) is 16.7. The van der Waals surface area contributed by atoms with Gasteiger partial charge in [0.1, 0.15) is 0 Å². The number of carbonyl (C=O) groups is 1. The fraction of sp³-hybridized carbons (Fsp3) is 0.929. The van der Waals surface area contributed by atoms with Crippen molar-refractivity contribution in [2.24, 2.45) is 11.1 Å². The van der Waals surface area contributed by atoms with Gasteiger partial charge in [0.2, 0.25) is 5.91 Å². The molecule has 0 saturated heterocycles. The lowest BCUT2D eigenvalue weighted by Gasteiger charge is -2.61. The van der Waals surface area contributed by atoms with Crippen LogP contribution in [0.1, 0.15) is 52.4 Å². The van der Waals surface area contributed by atoms with Gasteiger partial charge in [-0.2, -0.15) is 0 Å². The number of rotatable bonds is 6. The Hall–Kier alpha value is -0.320. The minimum Gasteiger partial charge on any atom is -0.378 e. The van der Waals surface area contributed by atoms with E-state index >= 15 is 0 Å². The number of nitrogens with two attached hydrogens (primary N) is 1. The largest absolute Gasteiger partial charge is 0.378 e. The summed E-state index contributed by atoms with van der Waals surface area (Å²) in [5.41, 5.74) is 5.93. The Morgan fingerprint density at radius 3 is 2.68 bits per heavy atom. The summed E-state index contributed by atoms with van der Waals surface area (Å²) in [6.07, 6.45) is 6.35. The molecule has 19 heavy (non-hydrogen) atoms. The van der Waals surface area contributed by atoms with E-state index in [1.54, 1.807) is 0 Å². The zero-order valence-electron chi connectivity index (χ0n) is 12.0. The van der Waals surface area contributed by atoms with Crippen LogP contribution in [-0.4, -0.2) is 30.7 Å². The van der Waals surface area contributed by atoms with Crippen molar-refractivity contribution in [1.29, 1.82) is 0 Å². The number of nitrogens with one attached hydrogen (secondary N) is 1. The van der Waals surface area contributed by atoms with Gasteiger partial charge >= 0.3 is 0 Å². The highest BCUT2D eigenvalue weighted by atomic mass is 35.5. The van der Waals surface area contributed by atoms with Gasteiger partial charge in [-0.1, -0.05) is 6.42 Å². The van der Waals surface area contributed by atoms with Gasteiger partial charge in [0.15, 0.2) is 0 Å². The van der Waals surface area contributed by atoms with Crippen molar-refractivity contribution in [2.45, 2.75) is 70.6 Å². The van der Waals surface area contributed by atoms with Gasteiger partial charge < -0.3 is 15.8 Å². The zero-order valence-corrected chi connectivity index (χ0v) is 12.8. The molecule has 3 N–H and O–H groups in total. The van der Waals surface area contributed by atoms with Crippen LogP contribution < -0.4 is 11.1 Å². The first-order valence-electron chi connectivity index (χ1n) is 7.25. The molecule has 5 heteroatoms. The fourth-order valence-electron chi connectivity index (χ4n) is 3.27. The number of hydrogen-bond donors (Lipinski definition) is 2. The van der Waals surface area contributed by atoms with E-state index in [1.807, 2.05) is 13.8 Å². The van der Waals surface area contributed by atoms with Crippen LogP contribution in [0.2, 0.25) is 0 Å². The first-order valence-corrected chi connectivity index (χ1v) is 7.25. The van der Waals surface area contributed by atoms with Crippen LogP contribution in [0, 0.1) is 5.41 Å². The molecule has 2 fully saturated rings. The second-order valence-corrected chi connectivity index (χ2v) is 5.90. The Morgan fingerprint density at radius 1 is 1.53 bits per heavy atom. The number of ether oxygens (including phenoxy) is 1. The molecule has 0 radical (unpaired) electrons. The quantitative estimate of drug-likeness (QED) is 0.786. The van der Waals surface area contributed by atoms with Gasteiger partial charge in [-0.15, -0.1) is 12.4 Å². The van der Waals surface area contributed by atoms with Crippen molar-refractivity contribution in [3.8, 4) is 0 Å². The number of carbonyl (C=O) groups excluding carboxylic acids is 1. The minimum absolute atomic E-state index is 0. The Morgan fingerprint density at radius 2 is 2.21 bits per heavy atom. The van der Waals surface area contributed by atoms with E-state index in [2.05, 4.69) is 5.32 Å². The Bertz CT molecular complexity index is 306. The van der Waals surface area contributed by atoms with E-state index in [-0.39, 0.29) is 29.8 Å². The SMILES string of the molecule is CCOC1CC(NC(=O)CCC(C)N)C12CCC2.Cl. The summed E-state index contributed by atoms with van der Waals surface area (Å²) in [7, 11) is 0. The molecule has 1 spiro atoms. The van der Waals surface area contributed by atoms with Gasteiger partial charge in [-0.05, 0) is 39.5 Å². The maximum Gasteiger partial charge on any atom is 0.220 e. The Balaban J connectivity index is 0.00000180. The molecule has 3 atom stereocenters. The lowest BCUT2D eigenvalue weighted by atomic mass is 9.51. The van der Waals surface area contributed by atoms with Crippen LogP contribution in [0.5, 0.6) is 0 Å². The number of hydrogen-bond acceptors (Lipinski definition) is 3. The highest BCUT2D eigenvalue weighted by molar-refractivity contribution is 5.85. The van der Waals surface area contributed by atoms with E-state index < -0.39 is 0 Å². The molecule has 2 aliphatic carbocycles.